The Balaban J connectivity index is 2.24. The van der Waals surface area contributed by atoms with Crippen molar-refractivity contribution in [2.45, 2.75) is 66.0 Å². The van der Waals surface area contributed by atoms with E-state index < -0.39 is 11.5 Å². The van der Waals surface area contributed by atoms with Gasteiger partial charge in [0.25, 0.3) is 11.8 Å². The second-order valence-electron chi connectivity index (χ2n) is 9.40. The molecule has 0 bridgehead atoms. The molecule has 0 saturated carbocycles. The quantitative estimate of drug-likeness (QED) is 0.420. The lowest BCUT2D eigenvalue weighted by molar-refractivity contribution is -0.00803. The van der Waals surface area contributed by atoms with E-state index in [4.69, 9.17) is 10.6 Å². The predicted molar refractivity (Wildman–Crippen MR) is 115 cm³/mol. The zero-order valence-electron chi connectivity index (χ0n) is 19.4. The van der Waals surface area contributed by atoms with E-state index in [0.717, 1.165) is 0 Å². The highest BCUT2D eigenvalue weighted by Crippen LogP contribution is 2.23. The zero-order valence-corrected chi connectivity index (χ0v) is 19.4. The predicted octanol–water partition coefficient (Wildman–Crippen LogP) is 1.92. The van der Waals surface area contributed by atoms with Crippen molar-refractivity contribution in [1.82, 2.24) is 25.4 Å². The molecule has 0 aliphatic carbocycles. The second-order valence-corrected chi connectivity index (χ2v) is 9.40. The minimum atomic E-state index is -0.591. The lowest BCUT2D eigenvalue weighted by Gasteiger charge is -2.43. The number of carbonyl (C=O) groups is 3. The standard InChI is InChI=1S/C21H34N6O4/c1-12(2)14-10-15(24-25-17(14)18(28)23-22)19(29)26-8-9-27(16(11-26)13(3)4)20(30)31-21(5,6)7/h10,12-13,16H,8-9,11,22H2,1-7H3,(H,23,28)/t16-/m1/s1. The van der Waals surface area contributed by atoms with Gasteiger partial charge in [0.1, 0.15) is 5.60 Å². The minimum Gasteiger partial charge on any atom is -0.444 e. The van der Waals surface area contributed by atoms with Gasteiger partial charge < -0.3 is 14.5 Å². The molecule has 1 aliphatic heterocycles. The molecule has 3 amide bonds. The fraction of sp³-hybridized carbons (Fsp3) is 0.667. The Labute approximate surface area is 183 Å². The third kappa shape index (κ3) is 5.90. The number of nitrogens with one attached hydrogen (secondary N) is 1. The van der Waals surface area contributed by atoms with Gasteiger partial charge in [0.2, 0.25) is 0 Å². The number of hydrogen-bond acceptors (Lipinski definition) is 7. The molecule has 1 aromatic rings. The summed E-state index contributed by atoms with van der Waals surface area (Å²) in [4.78, 5) is 41.1. The van der Waals surface area contributed by atoms with Crippen molar-refractivity contribution in [3.63, 3.8) is 0 Å². The third-order valence-electron chi connectivity index (χ3n) is 5.11. The van der Waals surface area contributed by atoms with Gasteiger partial charge >= 0.3 is 6.09 Å². The summed E-state index contributed by atoms with van der Waals surface area (Å²) in [6.45, 7) is 14.4. The average molecular weight is 435 g/mol. The molecule has 2 rings (SSSR count). The Morgan fingerprint density at radius 2 is 1.81 bits per heavy atom. The number of rotatable bonds is 4. The fourth-order valence-electron chi connectivity index (χ4n) is 3.47. The number of piperazine rings is 1. The van der Waals surface area contributed by atoms with Crippen molar-refractivity contribution in [2.75, 3.05) is 19.6 Å². The van der Waals surface area contributed by atoms with Crippen LogP contribution in [0.25, 0.3) is 0 Å². The number of hydrazine groups is 1. The maximum Gasteiger partial charge on any atom is 0.410 e. The summed E-state index contributed by atoms with van der Waals surface area (Å²) in [5.74, 6) is 4.45. The van der Waals surface area contributed by atoms with Crippen LogP contribution < -0.4 is 11.3 Å². The molecule has 0 spiro atoms. The van der Waals surface area contributed by atoms with Crippen molar-refractivity contribution >= 4 is 17.9 Å². The first-order valence-electron chi connectivity index (χ1n) is 10.5. The maximum absolute atomic E-state index is 13.2. The van der Waals surface area contributed by atoms with Crippen LogP contribution in [0, 0.1) is 5.92 Å². The van der Waals surface area contributed by atoms with Gasteiger partial charge in [-0.2, -0.15) is 0 Å². The van der Waals surface area contributed by atoms with E-state index >= 15 is 0 Å². The van der Waals surface area contributed by atoms with Crippen LogP contribution in [0.1, 0.15) is 80.9 Å². The Kier molecular flexibility index (Phi) is 7.58. The normalized spacial score (nSPS) is 17.2. The van der Waals surface area contributed by atoms with E-state index in [9.17, 15) is 14.4 Å². The monoisotopic (exact) mass is 434 g/mol. The first-order chi connectivity index (χ1) is 14.4. The van der Waals surface area contributed by atoms with Gasteiger partial charge in [-0.15, -0.1) is 10.2 Å². The molecule has 10 heteroatoms. The summed E-state index contributed by atoms with van der Waals surface area (Å²) in [6.07, 6.45) is -0.377. The van der Waals surface area contributed by atoms with Crippen LogP contribution in [-0.2, 0) is 4.74 Å². The number of nitrogen functional groups attached to an aromatic ring is 1. The fourth-order valence-corrected chi connectivity index (χ4v) is 3.47. The number of amides is 3. The first-order valence-corrected chi connectivity index (χ1v) is 10.5. The number of aromatic nitrogens is 2. The molecular weight excluding hydrogens is 400 g/mol. The van der Waals surface area contributed by atoms with E-state index in [1.165, 1.54) is 0 Å². The van der Waals surface area contributed by atoms with Crippen LogP contribution >= 0.6 is 0 Å². The van der Waals surface area contributed by atoms with Gasteiger partial charge in [-0.25, -0.2) is 10.6 Å². The van der Waals surface area contributed by atoms with Crippen LogP contribution in [0.2, 0.25) is 0 Å². The highest BCUT2D eigenvalue weighted by molar-refractivity contribution is 5.96. The van der Waals surface area contributed by atoms with Crippen molar-refractivity contribution in [2.24, 2.45) is 11.8 Å². The molecule has 0 unspecified atom stereocenters. The summed E-state index contributed by atoms with van der Waals surface area (Å²) in [5.41, 5.74) is 2.31. The van der Waals surface area contributed by atoms with Crippen molar-refractivity contribution < 1.29 is 19.1 Å². The maximum atomic E-state index is 13.2. The molecule has 3 N–H and O–H groups in total. The third-order valence-corrected chi connectivity index (χ3v) is 5.11. The van der Waals surface area contributed by atoms with Crippen LogP contribution in [0.15, 0.2) is 6.07 Å². The van der Waals surface area contributed by atoms with Gasteiger partial charge in [-0.1, -0.05) is 27.7 Å². The topological polar surface area (TPSA) is 131 Å². The number of carbonyl (C=O) groups excluding carboxylic acids is 3. The molecule has 2 heterocycles. The highest BCUT2D eigenvalue weighted by Gasteiger charge is 2.37. The molecule has 31 heavy (non-hydrogen) atoms. The van der Waals surface area contributed by atoms with Crippen LogP contribution in [0.5, 0.6) is 0 Å². The van der Waals surface area contributed by atoms with Crippen LogP contribution in [-0.4, -0.2) is 69.2 Å². The van der Waals surface area contributed by atoms with Gasteiger partial charge in [-0.3, -0.25) is 15.0 Å². The Bertz CT molecular complexity index is 834. The number of nitrogens with two attached hydrogens (primary N) is 1. The molecule has 0 aromatic carbocycles. The molecule has 1 atom stereocenters. The van der Waals surface area contributed by atoms with Crippen molar-refractivity contribution in [3.8, 4) is 0 Å². The molecule has 0 radical (unpaired) electrons. The Hall–Kier alpha value is -2.75. The van der Waals surface area contributed by atoms with Crippen LogP contribution in [0.4, 0.5) is 4.79 Å². The van der Waals surface area contributed by atoms with E-state index in [1.807, 2.05) is 48.5 Å². The number of nitrogens with zero attached hydrogens (tertiary/aromatic N) is 4. The van der Waals surface area contributed by atoms with Gasteiger partial charge in [0.05, 0.1) is 6.04 Å². The minimum absolute atomic E-state index is 0.0539. The Morgan fingerprint density at radius 3 is 2.32 bits per heavy atom. The summed E-state index contributed by atoms with van der Waals surface area (Å²) < 4.78 is 5.54. The molecular formula is C21H34N6O4. The van der Waals surface area contributed by atoms with E-state index in [0.29, 0.717) is 25.2 Å². The highest BCUT2D eigenvalue weighted by atomic mass is 16.6. The molecule has 1 aromatic heterocycles. The summed E-state index contributed by atoms with van der Waals surface area (Å²) >= 11 is 0. The van der Waals surface area contributed by atoms with Crippen molar-refractivity contribution in [1.29, 1.82) is 0 Å². The lowest BCUT2D eigenvalue weighted by Crippen LogP contribution is -2.59. The average Bonchev–Trinajstić information content (AvgIpc) is 2.70. The van der Waals surface area contributed by atoms with E-state index in [2.05, 4.69) is 15.6 Å². The molecule has 10 nitrogen and oxygen atoms in total. The summed E-state index contributed by atoms with van der Waals surface area (Å²) in [5, 5.41) is 7.93. The number of ether oxygens (including phenoxy) is 1. The van der Waals surface area contributed by atoms with E-state index in [-0.39, 0.29) is 41.3 Å². The lowest BCUT2D eigenvalue weighted by atomic mass is 9.98. The van der Waals surface area contributed by atoms with Crippen LogP contribution in [0.3, 0.4) is 0 Å². The summed E-state index contributed by atoms with van der Waals surface area (Å²) in [7, 11) is 0. The largest absolute Gasteiger partial charge is 0.444 e. The molecule has 172 valence electrons. The first kappa shape index (κ1) is 24.5. The molecule has 1 aliphatic rings. The zero-order chi connectivity index (χ0) is 23.5. The summed E-state index contributed by atoms with van der Waals surface area (Å²) in [6, 6.07) is 1.40. The SMILES string of the molecule is CC(C)c1cc(C(=O)N2CCN(C(=O)OC(C)(C)C)[C@@H](C(C)C)C2)nnc1C(=O)NN. The number of hydrogen-bond donors (Lipinski definition) is 2. The Morgan fingerprint density at radius 1 is 1.16 bits per heavy atom. The molecule has 1 saturated heterocycles. The smallest absolute Gasteiger partial charge is 0.410 e. The second kappa shape index (κ2) is 9.59. The van der Waals surface area contributed by atoms with Gasteiger partial charge in [0.15, 0.2) is 11.4 Å². The molecule has 1 fully saturated rings. The van der Waals surface area contributed by atoms with E-state index in [1.54, 1.807) is 15.9 Å². The van der Waals surface area contributed by atoms with Gasteiger partial charge in [0, 0.05) is 19.6 Å². The van der Waals surface area contributed by atoms with Crippen molar-refractivity contribution in [3.05, 3.63) is 23.0 Å². The van der Waals surface area contributed by atoms with Gasteiger partial charge in [-0.05, 0) is 44.2 Å².